The minimum absolute atomic E-state index is 0.203. The van der Waals surface area contributed by atoms with Crippen LogP contribution >= 0.6 is 23.4 Å². The Morgan fingerprint density at radius 1 is 1.40 bits per heavy atom. The lowest BCUT2D eigenvalue weighted by molar-refractivity contribution is -0.128. The molecule has 2 aromatic rings. The Bertz CT molecular complexity index is 846. The molecule has 0 fully saturated rings. The molecule has 0 radical (unpaired) electrons. The SMILES string of the molecule is N=C(c1ccccn1)N(N)C(=O)CN1C(=O)CSc2cc(Cl)ccc21. The number of nitrogens with zero attached hydrogens (tertiary/aromatic N) is 3. The number of thioether (sulfide) groups is 1. The summed E-state index contributed by atoms with van der Waals surface area (Å²) in [7, 11) is 0. The topological polar surface area (TPSA) is 103 Å². The molecule has 0 saturated heterocycles. The first-order chi connectivity index (χ1) is 12.0. The maximum absolute atomic E-state index is 12.5. The minimum atomic E-state index is -0.586. The van der Waals surface area contributed by atoms with E-state index in [-0.39, 0.29) is 29.7 Å². The van der Waals surface area contributed by atoms with E-state index in [2.05, 4.69) is 4.98 Å². The molecule has 9 heteroatoms. The highest BCUT2D eigenvalue weighted by Crippen LogP contribution is 2.36. The van der Waals surface area contributed by atoms with Gasteiger partial charge in [-0.1, -0.05) is 17.7 Å². The predicted octanol–water partition coefficient (Wildman–Crippen LogP) is 1.90. The Morgan fingerprint density at radius 2 is 2.20 bits per heavy atom. The molecule has 25 heavy (non-hydrogen) atoms. The van der Waals surface area contributed by atoms with Gasteiger partial charge in [0.05, 0.1) is 11.4 Å². The van der Waals surface area contributed by atoms with Crippen molar-refractivity contribution in [2.75, 3.05) is 17.2 Å². The number of carbonyl (C=O) groups is 2. The predicted molar refractivity (Wildman–Crippen MR) is 96.6 cm³/mol. The number of hydrogen-bond acceptors (Lipinski definition) is 6. The Labute approximate surface area is 153 Å². The standard InChI is InChI=1S/C16H14ClN5O2S/c17-10-4-5-12-13(7-10)25-9-15(24)21(12)8-14(23)22(19)16(18)11-3-1-2-6-20-11/h1-7,18H,8-9,19H2. The maximum Gasteiger partial charge on any atom is 0.262 e. The number of amidine groups is 1. The quantitative estimate of drug-likeness (QED) is 0.280. The molecule has 128 valence electrons. The van der Waals surface area contributed by atoms with Gasteiger partial charge < -0.3 is 4.90 Å². The third kappa shape index (κ3) is 3.65. The summed E-state index contributed by atoms with van der Waals surface area (Å²) < 4.78 is 0. The summed E-state index contributed by atoms with van der Waals surface area (Å²) in [6, 6.07) is 10.1. The van der Waals surface area contributed by atoms with Crippen LogP contribution in [-0.4, -0.2) is 39.9 Å². The van der Waals surface area contributed by atoms with E-state index in [9.17, 15) is 9.59 Å². The summed E-state index contributed by atoms with van der Waals surface area (Å²) in [5.74, 6) is 4.94. The summed E-state index contributed by atoms with van der Waals surface area (Å²) in [4.78, 5) is 30.9. The van der Waals surface area contributed by atoms with Crippen molar-refractivity contribution in [2.24, 2.45) is 5.84 Å². The molecule has 0 bridgehead atoms. The van der Waals surface area contributed by atoms with Gasteiger partial charge in [0.1, 0.15) is 12.2 Å². The van der Waals surface area contributed by atoms with E-state index in [4.69, 9.17) is 22.9 Å². The molecular formula is C16H14ClN5O2S. The van der Waals surface area contributed by atoms with Crippen molar-refractivity contribution >= 4 is 46.7 Å². The summed E-state index contributed by atoms with van der Waals surface area (Å²) in [6.45, 7) is -0.264. The van der Waals surface area contributed by atoms with E-state index >= 15 is 0 Å². The van der Waals surface area contributed by atoms with Crippen LogP contribution < -0.4 is 10.7 Å². The molecule has 1 aromatic carbocycles. The first-order valence-corrected chi connectivity index (χ1v) is 8.64. The first kappa shape index (κ1) is 17.4. The smallest absolute Gasteiger partial charge is 0.262 e. The summed E-state index contributed by atoms with van der Waals surface area (Å²) in [6.07, 6.45) is 1.51. The monoisotopic (exact) mass is 375 g/mol. The number of benzene rings is 1. The third-order valence-electron chi connectivity index (χ3n) is 3.58. The lowest BCUT2D eigenvalue weighted by atomic mass is 10.2. The number of rotatable bonds is 3. The molecule has 0 saturated carbocycles. The van der Waals surface area contributed by atoms with Crippen LogP contribution in [0, 0.1) is 5.41 Å². The highest BCUT2D eigenvalue weighted by atomic mass is 35.5. The van der Waals surface area contributed by atoms with E-state index in [1.807, 2.05) is 0 Å². The van der Waals surface area contributed by atoms with Gasteiger partial charge in [-0.05, 0) is 30.3 Å². The molecular weight excluding hydrogens is 362 g/mol. The molecule has 3 N–H and O–H groups in total. The molecule has 1 aliphatic rings. The van der Waals surface area contributed by atoms with Crippen molar-refractivity contribution in [1.82, 2.24) is 9.99 Å². The zero-order valence-electron chi connectivity index (χ0n) is 13.0. The number of hydrogen-bond donors (Lipinski definition) is 2. The number of hydrazine groups is 1. The Morgan fingerprint density at radius 3 is 2.92 bits per heavy atom. The van der Waals surface area contributed by atoms with Gasteiger partial charge in [0.15, 0.2) is 5.84 Å². The zero-order valence-corrected chi connectivity index (χ0v) is 14.5. The molecule has 2 heterocycles. The molecule has 0 unspecified atom stereocenters. The Hall–Kier alpha value is -2.42. The van der Waals surface area contributed by atoms with Gasteiger partial charge >= 0.3 is 0 Å². The number of carbonyl (C=O) groups excluding carboxylic acids is 2. The van der Waals surface area contributed by atoms with Gasteiger partial charge in [0.2, 0.25) is 5.91 Å². The average Bonchev–Trinajstić information content (AvgIpc) is 2.63. The van der Waals surface area contributed by atoms with E-state index in [1.54, 1.807) is 36.4 Å². The van der Waals surface area contributed by atoms with Crippen molar-refractivity contribution in [3.05, 3.63) is 53.3 Å². The van der Waals surface area contributed by atoms with Crippen LogP contribution in [-0.2, 0) is 9.59 Å². The van der Waals surface area contributed by atoms with Crippen LogP contribution in [0.2, 0.25) is 5.02 Å². The van der Waals surface area contributed by atoms with Gasteiger partial charge in [-0.3, -0.25) is 20.0 Å². The molecule has 1 aliphatic heterocycles. The van der Waals surface area contributed by atoms with Crippen molar-refractivity contribution < 1.29 is 9.59 Å². The van der Waals surface area contributed by atoms with Crippen LogP contribution in [0.25, 0.3) is 0 Å². The third-order valence-corrected chi connectivity index (χ3v) is 4.84. The summed E-state index contributed by atoms with van der Waals surface area (Å²) in [5.41, 5.74) is 0.878. The van der Waals surface area contributed by atoms with Crippen molar-refractivity contribution in [2.45, 2.75) is 4.90 Å². The molecule has 0 aliphatic carbocycles. The van der Waals surface area contributed by atoms with Crippen LogP contribution in [0.1, 0.15) is 5.69 Å². The number of halogens is 1. The molecule has 3 rings (SSSR count). The maximum atomic E-state index is 12.5. The van der Waals surface area contributed by atoms with Crippen LogP contribution in [0.4, 0.5) is 5.69 Å². The number of aromatic nitrogens is 1. The fourth-order valence-electron chi connectivity index (χ4n) is 2.31. The molecule has 0 spiro atoms. The second-order valence-electron chi connectivity index (χ2n) is 5.21. The molecule has 7 nitrogen and oxygen atoms in total. The number of nitrogens with two attached hydrogens (primary N) is 1. The van der Waals surface area contributed by atoms with E-state index in [1.165, 1.54) is 22.9 Å². The number of nitrogens with one attached hydrogen (secondary N) is 1. The first-order valence-electron chi connectivity index (χ1n) is 7.27. The molecule has 2 amide bonds. The Kier molecular flexibility index (Phi) is 5.03. The number of pyridine rings is 1. The minimum Gasteiger partial charge on any atom is -0.301 e. The zero-order chi connectivity index (χ0) is 18.0. The number of anilines is 1. The summed E-state index contributed by atoms with van der Waals surface area (Å²) in [5, 5.41) is 9.26. The van der Waals surface area contributed by atoms with Gasteiger partial charge in [0, 0.05) is 16.1 Å². The normalized spacial score (nSPS) is 13.4. The van der Waals surface area contributed by atoms with Crippen LogP contribution in [0.5, 0.6) is 0 Å². The van der Waals surface area contributed by atoms with Gasteiger partial charge in [-0.25, -0.2) is 10.9 Å². The fraction of sp³-hybridized carbons (Fsp3) is 0.125. The van der Waals surface area contributed by atoms with E-state index in [0.717, 1.165) is 4.90 Å². The lowest BCUT2D eigenvalue weighted by Gasteiger charge is -2.29. The lowest BCUT2D eigenvalue weighted by Crippen LogP contribution is -2.50. The summed E-state index contributed by atoms with van der Waals surface area (Å²) >= 11 is 7.35. The van der Waals surface area contributed by atoms with Crippen molar-refractivity contribution in [1.29, 1.82) is 5.41 Å². The van der Waals surface area contributed by atoms with Gasteiger partial charge in [-0.2, -0.15) is 0 Å². The molecule has 1 aromatic heterocycles. The second kappa shape index (κ2) is 7.22. The Balaban J connectivity index is 1.79. The average molecular weight is 376 g/mol. The van der Waals surface area contributed by atoms with Gasteiger partial charge in [0.25, 0.3) is 5.91 Å². The largest absolute Gasteiger partial charge is 0.301 e. The van der Waals surface area contributed by atoms with Crippen LogP contribution in [0.3, 0.4) is 0 Å². The molecule has 0 atom stereocenters. The highest BCUT2D eigenvalue weighted by molar-refractivity contribution is 8.00. The number of amides is 2. The van der Waals surface area contributed by atoms with Crippen molar-refractivity contribution in [3.63, 3.8) is 0 Å². The van der Waals surface area contributed by atoms with Crippen molar-refractivity contribution in [3.8, 4) is 0 Å². The fourth-order valence-corrected chi connectivity index (χ4v) is 3.52. The van der Waals surface area contributed by atoms with Gasteiger partial charge in [-0.15, -0.1) is 11.8 Å². The number of fused-ring (bicyclic) bond motifs is 1. The van der Waals surface area contributed by atoms with E-state index < -0.39 is 5.91 Å². The highest BCUT2D eigenvalue weighted by Gasteiger charge is 2.29. The second-order valence-corrected chi connectivity index (χ2v) is 6.66. The van der Waals surface area contributed by atoms with E-state index in [0.29, 0.717) is 15.7 Å². The van der Waals surface area contributed by atoms with Crippen LogP contribution in [0.15, 0.2) is 47.5 Å².